The monoisotopic (exact) mass is 338 g/mol. The highest BCUT2D eigenvalue weighted by Gasteiger charge is 2.43. The second-order valence-corrected chi connectivity index (χ2v) is 5.84. The quantitative estimate of drug-likeness (QED) is 0.603. The molecule has 1 aromatic carbocycles. The third-order valence-corrected chi connectivity index (χ3v) is 3.95. The van der Waals surface area contributed by atoms with E-state index in [1.807, 2.05) is 0 Å². The minimum Gasteiger partial charge on any atom is -0.508 e. The Hall–Kier alpha value is -2.13. The maximum Gasteiger partial charge on any atom is 0.229 e. The van der Waals surface area contributed by atoms with Crippen LogP contribution in [0.1, 0.15) is 12.7 Å². The fraction of sp³-hybridized carbons (Fsp3) is 0.438. The van der Waals surface area contributed by atoms with Gasteiger partial charge in [-0.1, -0.05) is 0 Å². The molecule has 0 spiro atoms. The lowest BCUT2D eigenvalue weighted by Crippen LogP contribution is -2.58. The number of aliphatic hydroxyl groups excluding tert-OH is 3. The molecule has 0 unspecified atom stereocenters. The second kappa shape index (κ2) is 6.06. The molecular weight excluding hydrogens is 320 g/mol. The van der Waals surface area contributed by atoms with Crippen LogP contribution in [0.5, 0.6) is 11.5 Å². The smallest absolute Gasteiger partial charge is 0.229 e. The fourth-order valence-electron chi connectivity index (χ4n) is 2.69. The second-order valence-electron chi connectivity index (χ2n) is 5.84. The van der Waals surface area contributed by atoms with Gasteiger partial charge in [0.2, 0.25) is 6.29 Å². The summed E-state index contributed by atoms with van der Waals surface area (Å²) in [7, 11) is 0. The van der Waals surface area contributed by atoms with Crippen molar-refractivity contribution >= 4 is 11.0 Å². The predicted molar refractivity (Wildman–Crippen MR) is 81.9 cm³/mol. The van der Waals surface area contributed by atoms with Gasteiger partial charge in [-0.2, -0.15) is 0 Å². The van der Waals surface area contributed by atoms with Gasteiger partial charge < -0.3 is 34.3 Å². The molecule has 3 rings (SSSR count). The van der Waals surface area contributed by atoms with Crippen LogP contribution < -0.4 is 10.2 Å². The molecule has 2 heterocycles. The highest BCUT2D eigenvalue weighted by Crippen LogP contribution is 2.32. The van der Waals surface area contributed by atoms with E-state index >= 15 is 0 Å². The Morgan fingerprint density at radius 1 is 1.08 bits per heavy atom. The normalized spacial score (nSPS) is 30.5. The highest BCUT2D eigenvalue weighted by molar-refractivity contribution is 5.85. The van der Waals surface area contributed by atoms with Crippen LogP contribution in [-0.4, -0.2) is 51.1 Å². The number of fused-ring (bicyclic) bond motifs is 1. The number of rotatable bonds is 2. The van der Waals surface area contributed by atoms with Gasteiger partial charge in [0.1, 0.15) is 46.5 Å². The number of aromatic hydroxyl groups is 1. The summed E-state index contributed by atoms with van der Waals surface area (Å²) in [6, 6.07) is 3.73. The van der Waals surface area contributed by atoms with Gasteiger partial charge in [-0.3, -0.25) is 4.79 Å². The summed E-state index contributed by atoms with van der Waals surface area (Å²) in [6.07, 6.45) is -6.40. The van der Waals surface area contributed by atoms with E-state index in [-0.39, 0.29) is 27.9 Å². The summed E-state index contributed by atoms with van der Waals surface area (Å²) in [4.78, 5) is 12.2. The number of aliphatic hydroxyl groups is 3. The van der Waals surface area contributed by atoms with Crippen LogP contribution in [0.2, 0.25) is 0 Å². The first-order valence-corrected chi connectivity index (χ1v) is 7.41. The van der Waals surface area contributed by atoms with E-state index in [0.29, 0.717) is 5.76 Å². The van der Waals surface area contributed by atoms with E-state index in [0.717, 1.165) is 0 Å². The van der Waals surface area contributed by atoms with Crippen LogP contribution in [-0.2, 0) is 4.74 Å². The summed E-state index contributed by atoms with van der Waals surface area (Å²) < 4.78 is 16.3. The topological polar surface area (TPSA) is 130 Å². The van der Waals surface area contributed by atoms with E-state index < -0.39 is 30.7 Å². The third kappa shape index (κ3) is 2.84. The lowest BCUT2D eigenvalue weighted by atomic mass is 10.00. The molecule has 5 atom stereocenters. The first-order chi connectivity index (χ1) is 11.3. The average Bonchev–Trinajstić information content (AvgIpc) is 2.49. The molecule has 1 aliphatic rings. The van der Waals surface area contributed by atoms with Crippen LogP contribution in [0.15, 0.2) is 27.4 Å². The Morgan fingerprint density at radius 3 is 2.50 bits per heavy atom. The molecule has 0 amide bonds. The van der Waals surface area contributed by atoms with E-state index in [1.54, 1.807) is 6.92 Å². The zero-order valence-corrected chi connectivity index (χ0v) is 13.0. The first kappa shape index (κ1) is 16.7. The SMILES string of the molecule is Cc1cc(=O)c2c(O[C@@H]3O[C@@H](C)[C@H](O)[C@@H](O)[C@H]3O)cc(O)cc2o1. The minimum absolute atomic E-state index is 0.0569. The Kier molecular flexibility index (Phi) is 4.22. The predicted octanol–water partition coefficient (Wildman–Crippen LogP) is 0.0133. The van der Waals surface area contributed by atoms with Gasteiger partial charge in [0.05, 0.1) is 6.10 Å². The minimum atomic E-state index is -1.54. The Morgan fingerprint density at radius 2 is 1.79 bits per heavy atom. The van der Waals surface area contributed by atoms with Gasteiger partial charge in [-0.05, 0) is 13.8 Å². The number of phenolic OH excluding ortho intramolecular Hbond substituents is 1. The lowest BCUT2D eigenvalue weighted by molar-refractivity contribution is -0.267. The molecule has 1 aromatic heterocycles. The molecule has 8 nitrogen and oxygen atoms in total. The van der Waals surface area contributed by atoms with Crippen molar-refractivity contribution in [2.75, 3.05) is 0 Å². The molecule has 4 N–H and O–H groups in total. The maximum atomic E-state index is 12.2. The van der Waals surface area contributed by atoms with E-state index in [9.17, 15) is 25.2 Å². The molecular formula is C16H18O8. The van der Waals surface area contributed by atoms with Crippen molar-refractivity contribution in [1.82, 2.24) is 0 Å². The molecule has 0 radical (unpaired) electrons. The molecule has 1 aliphatic heterocycles. The first-order valence-electron chi connectivity index (χ1n) is 7.41. The third-order valence-electron chi connectivity index (χ3n) is 3.95. The fourth-order valence-corrected chi connectivity index (χ4v) is 2.69. The standard InChI is InChI=1S/C16H18O8/c1-6-3-9(18)12-10(22-6)4-8(17)5-11(12)24-16-15(21)14(20)13(19)7(2)23-16/h3-5,7,13-17,19-21H,1-2H3/t7-,13-,14+,15+,16-/m0/s1. The van der Waals surface area contributed by atoms with Crippen molar-refractivity contribution in [3.05, 3.63) is 34.2 Å². The maximum absolute atomic E-state index is 12.2. The van der Waals surface area contributed by atoms with Gasteiger partial charge in [0.25, 0.3) is 0 Å². The van der Waals surface area contributed by atoms with Crippen molar-refractivity contribution in [2.24, 2.45) is 0 Å². The number of hydrogen-bond acceptors (Lipinski definition) is 8. The Labute approximate surface area is 136 Å². The zero-order valence-electron chi connectivity index (χ0n) is 13.0. The Balaban J connectivity index is 2.03. The van der Waals surface area contributed by atoms with Crippen LogP contribution in [0.25, 0.3) is 11.0 Å². The van der Waals surface area contributed by atoms with E-state index in [4.69, 9.17) is 13.9 Å². The van der Waals surface area contributed by atoms with Gasteiger partial charge in [0, 0.05) is 18.2 Å². The molecule has 0 aliphatic carbocycles. The molecule has 2 aromatic rings. The van der Waals surface area contributed by atoms with Crippen LogP contribution >= 0.6 is 0 Å². The van der Waals surface area contributed by atoms with E-state index in [1.165, 1.54) is 25.1 Å². The van der Waals surface area contributed by atoms with Crippen molar-refractivity contribution in [2.45, 2.75) is 44.6 Å². The number of aryl methyl sites for hydroxylation is 1. The summed E-state index contributed by atoms with van der Waals surface area (Å²) in [5, 5.41) is 39.4. The molecule has 130 valence electrons. The number of benzene rings is 1. The van der Waals surface area contributed by atoms with Crippen LogP contribution in [0, 0.1) is 6.92 Å². The molecule has 24 heavy (non-hydrogen) atoms. The van der Waals surface area contributed by atoms with Crippen molar-refractivity contribution in [3.63, 3.8) is 0 Å². The van der Waals surface area contributed by atoms with Crippen LogP contribution in [0.4, 0.5) is 0 Å². The van der Waals surface area contributed by atoms with Crippen LogP contribution in [0.3, 0.4) is 0 Å². The number of phenols is 1. The lowest BCUT2D eigenvalue weighted by Gasteiger charge is -2.38. The largest absolute Gasteiger partial charge is 0.508 e. The molecule has 0 saturated carbocycles. The Bertz CT molecular complexity index is 808. The number of hydrogen-bond donors (Lipinski definition) is 4. The molecule has 1 fully saturated rings. The van der Waals surface area contributed by atoms with Crippen molar-refractivity contribution in [3.8, 4) is 11.5 Å². The average molecular weight is 338 g/mol. The van der Waals surface area contributed by atoms with E-state index in [2.05, 4.69) is 0 Å². The molecule has 8 heteroatoms. The summed E-state index contributed by atoms with van der Waals surface area (Å²) in [6.45, 7) is 3.10. The van der Waals surface area contributed by atoms with Gasteiger partial charge >= 0.3 is 0 Å². The highest BCUT2D eigenvalue weighted by atomic mass is 16.7. The van der Waals surface area contributed by atoms with Gasteiger partial charge in [0.15, 0.2) is 5.43 Å². The molecule has 1 saturated heterocycles. The molecule has 0 bridgehead atoms. The summed E-state index contributed by atoms with van der Waals surface area (Å²) in [5.41, 5.74) is -0.267. The zero-order chi connectivity index (χ0) is 17.6. The van der Waals surface area contributed by atoms with Gasteiger partial charge in [-0.25, -0.2) is 0 Å². The van der Waals surface area contributed by atoms with Crippen molar-refractivity contribution < 1.29 is 34.3 Å². The summed E-state index contributed by atoms with van der Waals surface area (Å²) in [5.74, 6) is 0.105. The number of ether oxygens (including phenoxy) is 2. The van der Waals surface area contributed by atoms with Crippen molar-refractivity contribution in [1.29, 1.82) is 0 Å². The van der Waals surface area contributed by atoms with Gasteiger partial charge in [-0.15, -0.1) is 0 Å². The summed E-state index contributed by atoms with van der Waals surface area (Å²) >= 11 is 0.